The zero-order chi connectivity index (χ0) is 25.2. The lowest BCUT2D eigenvalue weighted by molar-refractivity contribution is -0.196. The first kappa shape index (κ1) is 23.3. The Labute approximate surface area is 212 Å². The van der Waals surface area contributed by atoms with E-state index in [0.29, 0.717) is 31.6 Å². The molecule has 1 saturated carbocycles. The number of ether oxygens (including phenoxy) is 1. The summed E-state index contributed by atoms with van der Waals surface area (Å²) >= 11 is 0. The molecule has 0 aromatic heterocycles. The lowest BCUT2D eigenvalue weighted by atomic mass is 9.48. The molecule has 36 heavy (non-hydrogen) atoms. The maximum Gasteiger partial charge on any atom is 0.246 e. The Morgan fingerprint density at radius 3 is 2.94 bits per heavy atom. The first-order chi connectivity index (χ1) is 17.3. The van der Waals surface area contributed by atoms with Crippen LogP contribution in [0.3, 0.4) is 0 Å². The Morgan fingerprint density at radius 2 is 2.17 bits per heavy atom. The largest absolute Gasteiger partial charge is 0.504 e. The number of carbonyl (C=O) groups is 1. The third-order valence-electron chi connectivity index (χ3n) is 9.20. The second kappa shape index (κ2) is 8.22. The summed E-state index contributed by atoms with van der Waals surface area (Å²) in [5.74, 6) is 0.568. The second-order valence-corrected chi connectivity index (χ2v) is 11.0. The van der Waals surface area contributed by atoms with E-state index in [0.717, 1.165) is 35.2 Å². The number of nitrogens with zero attached hydrogens (tertiary/aromatic N) is 2. The number of aryl methyl sites for hydroxylation is 1. The molecule has 2 aliphatic heterocycles. The van der Waals surface area contributed by atoms with Crippen LogP contribution in [0.15, 0.2) is 55.1 Å². The number of amides is 1. The van der Waals surface area contributed by atoms with Crippen LogP contribution in [-0.4, -0.2) is 69.8 Å². The predicted octanol–water partition coefficient (Wildman–Crippen LogP) is 3.58. The van der Waals surface area contributed by atoms with Crippen molar-refractivity contribution in [1.29, 1.82) is 0 Å². The first-order valence-corrected chi connectivity index (χ1v) is 12.9. The maximum absolute atomic E-state index is 13.2. The summed E-state index contributed by atoms with van der Waals surface area (Å²) in [5.41, 5.74) is 2.62. The van der Waals surface area contributed by atoms with Crippen LogP contribution in [0.25, 0.3) is 6.08 Å². The lowest BCUT2D eigenvalue weighted by Gasteiger charge is -2.64. The number of piperidine rings is 1. The van der Waals surface area contributed by atoms with Crippen LogP contribution in [0, 0.1) is 6.92 Å². The van der Waals surface area contributed by atoms with Crippen LogP contribution >= 0.6 is 0 Å². The summed E-state index contributed by atoms with van der Waals surface area (Å²) in [6.45, 7) is 7.51. The van der Waals surface area contributed by atoms with Crippen molar-refractivity contribution in [3.05, 3.63) is 77.4 Å². The van der Waals surface area contributed by atoms with E-state index in [4.69, 9.17) is 4.74 Å². The fourth-order valence-electron chi connectivity index (χ4n) is 7.55. The summed E-state index contributed by atoms with van der Waals surface area (Å²) in [5, 5.41) is 23.3. The third kappa shape index (κ3) is 3.14. The number of hydrogen-bond donors (Lipinski definition) is 2. The number of likely N-dealkylation sites (N-methyl/N-ethyl adjacent to an activating group) is 1. The zero-order valence-corrected chi connectivity index (χ0v) is 21.0. The van der Waals surface area contributed by atoms with E-state index in [-0.39, 0.29) is 29.8 Å². The molecule has 5 atom stereocenters. The van der Waals surface area contributed by atoms with Gasteiger partial charge in [0.25, 0.3) is 0 Å². The zero-order valence-electron chi connectivity index (χ0n) is 21.0. The van der Waals surface area contributed by atoms with Crippen LogP contribution in [0.5, 0.6) is 11.5 Å². The summed E-state index contributed by atoms with van der Waals surface area (Å²) < 4.78 is 6.47. The van der Waals surface area contributed by atoms with Gasteiger partial charge in [0.05, 0.1) is 11.0 Å². The third-order valence-corrected chi connectivity index (χ3v) is 9.20. The molecule has 6 rings (SSSR count). The molecule has 2 aliphatic carbocycles. The number of rotatable bonds is 5. The van der Waals surface area contributed by atoms with E-state index in [9.17, 15) is 15.0 Å². The number of aliphatic hydroxyl groups is 1. The first-order valence-electron chi connectivity index (χ1n) is 12.9. The second-order valence-electron chi connectivity index (χ2n) is 11.0. The molecule has 188 valence electrons. The van der Waals surface area contributed by atoms with Gasteiger partial charge in [-0.15, -0.1) is 6.58 Å². The van der Waals surface area contributed by atoms with Crippen molar-refractivity contribution in [2.24, 2.45) is 0 Å². The monoisotopic (exact) mass is 486 g/mol. The van der Waals surface area contributed by atoms with Gasteiger partial charge in [0.2, 0.25) is 5.91 Å². The SMILES string of the molecule is C=CCN1CC[C@]23c4c5ccc(O)c4O[C@H]2C[C@@H](N(C)C(=O)C=Cc2cccc(C)c2)C[C@@]3(O)[C@H]1C5. The van der Waals surface area contributed by atoms with Crippen molar-refractivity contribution in [3.8, 4) is 11.5 Å². The Bertz CT molecular complexity index is 1270. The number of benzene rings is 2. The van der Waals surface area contributed by atoms with E-state index in [2.05, 4.69) is 11.5 Å². The molecule has 1 saturated heterocycles. The number of likely N-dealkylation sites (tertiary alicyclic amines) is 1. The molecule has 6 nitrogen and oxygen atoms in total. The summed E-state index contributed by atoms with van der Waals surface area (Å²) in [7, 11) is 1.82. The number of aromatic hydroxyl groups is 1. The van der Waals surface area contributed by atoms with Crippen LogP contribution < -0.4 is 4.74 Å². The quantitative estimate of drug-likeness (QED) is 0.499. The molecular weight excluding hydrogens is 452 g/mol. The van der Waals surface area contributed by atoms with Gasteiger partial charge in [-0.25, -0.2) is 0 Å². The van der Waals surface area contributed by atoms with Crippen molar-refractivity contribution >= 4 is 12.0 Å². The minimum absolute atomic E-state index is 0.0935. The Hall–Kier alpha value is -3.09. The molecule has 0 radical (unpaired) electrons. The van der Waals surface area contributed by atoms with Crippen molar-refractivity contribution in [3.63, 3.8) is 0 Å². The highest BCUT2D eigenvalue weighted by Crippen LogP contribution is 2.65. The van der Waals surface area contributed by atoms with E-state index in [1.165, 1.54) is 0 Å². The van der Waals surface area contributed by atoms with Gasteiger partial charge in [-0.1, -0.05) is 42.0 Å². The van der Waals surface area contributed by atoms with E-state index < -0.39 is 11.0 Å². The van der Waals surface area contributed by atoms with E-state index >= 15 is 0 Å². The van der Waals surface area contributed by atoms with Crippen LogP contribution in [0.2, 0.25) is 0 Å². The van der Waals surface area contributed by atoms with Crippen molar-refractivity contribution in [2.75, 3.05) is 20.1 Å². The normalized spacial score (nSPS) is 32.1. The Kier molecular flexibility index (Phi) is 5.32. The average Bonchev–Trinajstić information content (AvgIpc) is 3.19. The molecule has 6 heteroatoms. The fourth-order valence-corrected chi connectivity index (χ4v) is 7.55. The number of carbonyl (C=O) groups excluding carboxylic acids is 1. The average molecular weight is 487 g/mol. The van der Waals surface area contributed by atoms with Crippen LogP contribution in [-0.2, 0) is 16.6 Å². The van der Waals surface area contributed by atoms with E-state index in [1.54, 1.807) is 17.0 Å². The van der Waals surface area contributed by atoms with Crippen LogP contribution in [0.1, 0.15) is 41.5 Å². The minimum atomic E-state index is -1.08. The van der Waals surface area contributed by atoms with Crippen LogP contribution in [0.4, 0.5) is 0 Å². The maximum atomic E-state index is 13.2. The van der Waals surface area contributed by atoms with Crippen molar-refractivity contribution < 1.29 is 19.7 Å². The van der Waals surface area contributed by atoms with Crippen molar-refractivity contribution in [2.45, 2.75) is 61.8 Å². The summed E-state index contributed by atoms with van der Waals surface area (Å²) in [6, 6.07) is 11.4. The van der Waals surface area contributed by atoms with Gasteiger partial charge >= 0.3 is 0 Å². The Balaban J connectivity index is 1.35. The lowest BCUT2D eigenvalue weighted by Crippen LogP contribution is -2.77. The number of phenols is 1. The highest BCUT2D eigenvalue weighted by atomic mass is 16.5. The van der Waals surface area contributed by atoms with Gasteiger partial charge in [-0.2, -0.15) is 0 Å². The highest BCUT2D eigenvalue weighted by molar-refractivity contribution is 5.91. The van der Waals surface area contributed by atoms with Gasteiger partial charge in [0.1, 0.15) is 6.10 Å². The molecule has 1 amide bonds. The van der Waals surface area contributed by atoms with Gasteiger partial charge in [-0.05, 0) is 56.0 Å². The van der Waals surface area contributed by atoms with Gasteiger partial charge in [0.15, 0.2) is 11.5 Å². The molecule has 2 bridgehead atoms. The molecule has 1 spiro atoms. The summed E-state index contributed by atoms with van der Waals surface area (Å²) in [4.78, 5) is 17.3. The molecule has 2 heterocycles. The molecule has 2 fully saturated rings. The molecule has 4 aliphatic rings. The fraction of sp³-hybridized carbons (Fsp3) is 0.433. The molecule has 2 aromatic rings. The highest BCUT2D eigenvalue weighted by Gasteiger charge is 2.72. The molecular formula is C30H34N2O4. The van der Waals surface area contributed by atoms with E-state index in [1.807, 2.05) is 56.5 Å². The minimum Gasteiger partial charge on any atom is -0.504 e. The van der Waals surface area contributed by atoms with Gasteiger partial charge in [-0.3, -0.25) is 9.69 Å². The van der Waals surface area contributed by atoms with Gasteiger partial charge in [0, 0.05) is 43.7 Å². The predicted molar refractivity (Wildman–Crippen MR) is 139 cm³/mol. The molecule has 2 N–H and O–H groups in total. The number of phenolic OH excluding ortho intramolecular Hbond substituents is 1. The Morgan fingerprint density at radius 1 is 1.33 bits per heavy atom. The smallest absolute Gasteiger partial charge is 0.246 e. The van der Waals surface area contributed by atoms with Crippen molar-refractivity contribution in [1.82, 2.24) is 9.80 Å². The standard InChI is InChI=1S/C30H34N2O4/c1-4-13-32-14-12-29-25-17-22(31(3)26(34)11-8-20-7-5-6-19(2)15-20)18-30(29,35)24(32)16-21-9-10-23(33)28(36-25)27(21)29/h4-11,15,22,24-25,33,35H,1,12-14,16-18H2,2-3H3/t22-,24-,25+,29-,30-/m1/s1. The molecule has 2 aromatic carbocycles. The topological polar surface area (TPSA) is 73.2 Å². The van der Waals surface area contributed by atoms with Gasteiger partial charge < -0.3 is 19.8 Å². The number of hydrogen-bond acceptors (Lipinski definition) is 5. The summed E-state index contributed by atoms with van der Waals surface area (Å²) in [6.07, 6.45) is 7.58. The molecule has 0 unspecified atom stereocenters.